The maximum Gasteiger partial charge on any atom is 0.268 e. The summed E-state index contributed by atoms with van der Waals surface area (Å²) in [7, 11) is 0. The minimum Gasteiger partial charge on any atom is -0.364 e. The molecule has 1 amide bonds. The van der Waals surface area contributed by atoms with Gasteiger partial charge in [-0.15, -0.1) is 0 Å². The van der Waals surface area contributed by atoms with Crippen LogP contribution in [0.5, 0.6) is 0 Å². The van der Waals surface area contributed by atoms with Gasteiger partial charge in [-0.2, -0.15) is 0 Å². The van der Waals surface area contributed by atoms with Crippen LogP contribution in [0.4, 0.5) is 0 Å². The first-order valence-corrected chi connectivity index (χ1v) is 7.45. The van der Waals surface area contributed by atoms with Crippen molar-refractivity contribution in [1.82, 2.24) is 9.97 Å². The van der Waals surface area contributed by atoms with Crippen molar-refractivity contribution >= 4 is 16.8 Å². The molecule has 3 atom stereocenters. The zero-order valence-electron chi connectivity index (χ0n) is 11.6. The maximum absolute atomic E-state index is 12.4. The normalized spacial score (nSPS) is 27.3. The zero-order chi connectivity index (χ0) is 14.6. The number of aromatic amines is 1. The molecule has 0 aromatic carbocycles. The molecule has 3 N–H and O–H groups in total. The predicted molar refractivity (Wildman–Crippen MR) is 79.1 cm³/mol. The highest BCUT2D eigenvalue weighted by Gasteiger charge is 2.42. The Labute approximate surface area is 121 Å². The molecule has 0 bridgehead atoms. The quantitative estimate of drug-likeness (QED) is 0.882. The number of hydrogen-bond acceptors (Lipinski definition) is 3. The molecule has 0 spiro atoms. The average molecular weight is 283 g/mol. The van der Waals surface area contributed by atoms with E-state index < -0.39 is 5.91 Å². The molecule has 2 heterocycles. The first-order chi connectivity index (χ1) is 10.1. The van der Waals surface area contributed by atoms with Gasteiger partial charge in [0.25, 0.3) is 5.91 Å². The second kappa shape index (κ2) is 4.41. The molecule has 0 radical (unpaired) electrons. The van der Waals surface area contributed by atoms with E-state index in [4.69, 9.17) is 5.73 Å². The van der Waals surface area contributed by atoms with Crippen molar-refractivity contribution in [3.05, 3.63) is 39.9 Å². The van der Waals surface area contributed by atoms with Gasteiger partial charge in [-0.25, -0.2) is 0 Å². The summed E-state index contributed by atoms with van der Waals surface area (Å²) in [5.74, 6) is 1.54. The molecule has 2 fully saturated rings. The second-order valence-electron chi connectivity index (χ2n) is 6.30. The monoisotopic (exact) mass is 283 g/mol. The highest BCUT2D eigenvalue weighted by Crippen LogP contribution is 2.53. The van der Waals surface area contributed by atoms with E-state index in [-0.39, 0.29) is 11.1 Å². The van der Waals surface area contributed by atoms with Gasteiger partial charge in [0, 0.05) is 18.0 Å². The number of nitrogens with two attached hydrogens (primary N) is 1. The van der Waals surface area contributed by atoms with E-state index in [1.807, 2.05) is 0 Å². The molecule has 0 saturated heterocycles. The summed E-state index contributed by atoms with van der Waals surface area (Å²) in [6, 6.07) is 3.36. The fourth-order valence-electron chi connectivity index (χ4n) is 3.76. The Morgan fingerprint density at radius 1 is 1.29 bits per heavy atom. The van der Waals surface area contributed by atoms with Gasteiger partial charge in [-0.1, -0.05) is 0 Å². The van der Waals surface area contributed by atoms with Crippen LogP contribution in [-0.4, -0.2) is 15.9 Å². The van der Waals surface area contributed by atoms with Crippen molar-refractivity contribution in [3.8, 4) is 0 Å². The molecule has 5 nitrogen and oxygen atoms in total. The standard InChI is InChI=1S/C16H17N3O2/c17-16(21)15-14-11(3-4-18-15)19-12(7-13(14)20)9-2-1-8-5-10(8)6-9/h3-4,7-10H,1-2,5-6H2,(H2,17,21)(H,19,20)/t8-,9-,10-/m0/s1. The van der Waals surface area contributed by atoms with Crippen LogP contribution in [0.2, 0.25) is 0 Å². The Hall–Kier alpha value is -2.17. The molecule has 2 saturated carbocycles. The molecule has 2 aliphatic rings. The topological polar surface area (TPSA) is 88.8 Å². The van der Waals surface area contributed by atoms with Gasteiger partial charge in [0.2, 0.25) is 0 Å². The smallest absolute Gasteiger partial charge is 0.268 e. The van der Waals surface area contributed by atoms with Gasteiger partial charge in [0.15, 0.2) is 5.43 Å². The molecular formula is C16H17N3O2. The van der Waals surface area contributed by atoms with Crippen molar-refractivity contribution in [1.29, 1.82) is 0 Å². The van der Waals surface area contributed by atoms with Crippen LogP contribution in [-0.2, 0) is 0 Å². The Morgan fingerprint density at radius 2 is 2.14 bits per heavy atom. The van der Waals surface area contributed by atoms with Gasteiger partial charge in [0.05, 0.1) is 10.9 Å². The van der Waals surface area contributed by atoms with Gasteiger partial charge < -0.3 is 10.7 Å². The first kappa shape index (κ1) is 12.6. The summed E-state index contributed by atoms with van der Waals surface area (Å²) in [5.41, 5.74) is 6.82. The van der Waals surface area contributed by atoms with Gasteiger partial charge in [0.1, 0.15) is 5.69 Å². The highest BCUT2D eigenvalue weighted by molar-refractivity contribution is 6.03. The van der Waals surface area contributed by atoms with E-state index >= 15 is 0 Å². The number of H-pyrrole nitrogens is 1. The Kier molecular flexibility index (Phi) is 2.64. The number of rotatable bonds is 2. The van der Waals surface area contributed by atoms with Crippen molar-refractivity contribution in [2.75, 3.05) is 0 Å². The molecule has 4 rings (SSSR count). The number of nitrogens with zero attached hydrogens (tertiary/aromatic N) is 1. The SMILES string of the molecule is NC(=O)c1nccc2[nH]c([C@H]3CC[C@H]4C[C@H]4C3)cc(=O)c12. The van der Waals surface area contributed by atoms with E-state index in [0.29, 0.717) is 16.8 Å². The fourth-order valence-corrected chi connectivity index (χ4v) is 3.76. The lowest BCUT2D eigenvalue weighted by atomic mass is 9.86. The minimum absolute atomic E-state index is 0.0474. The van der Waals surface area contributed by atoms with Crippen molar-refractivity contribution in [2.45, 2.75) is 31.6 Å². The Bertz CT molecular complexity index is 796. The summed E-state index contributed by atoms with van der Waals surface area (Å²) in [6.45, 7) is 0. The van der Waals surface area contributed by atoms with Crippen LogP contribution >= 0.6 is 0 Å². The first-order valence-electron chi connectivity index (χ1n) is 7.45. The number of amides is 1. The van der Waals surface area contributed by atoms with Crippen molar-refractivity contribution in [3.63, 3.8) is 0 Å². The third-order valence-electron chi connectivity index (χ3n) is 4.98. The van der Waals surface area contributed by atoms with Crippen LogP contribution in [0.15, 0.2) is 23.1 Å². The van der Waals surface area contributed by atoms with E-state index in [1.165, 1.54) is 25.5 Å². The summed E-state index contributed by atoms with van der Waals surface area (Å²) in [5, 5.41) is 0.300. The van der Waals surface area contributed by atoms with E-state index in [0.717, 1.165) is 24.0 Å². The third-order valence-corrected chi connectivity index (χ3v) is 4.98. The molecule has 2 aromatic rings. The molecule has 108 valence electrons. The van der Waals surface area contributed by atoms with E-state index in [1.54, 1.807) is 12.1 Å². The van der Waals surface area contributed by atoms with Gasteiger partial charge >= 0.3 is 0 Å². The lowest BCUT2D eigenvalue weighted by Gasteiger charge is -2.21. The van der Waals surface area contributed by atoms with Crippen LogP contribution in [0.3, 0.4) is 0 Å². The van der Waals surface area contributed by atoms with E-state index in [2.05, 4.69) is 9.97 Å². The summed E-state index contributed by atoms with van der Waals surface area (Å²) < 4.78 is 0. The van der Waals surface area contributed by atoms with Crippen LogP contribution in [0.25, 0.3) is 10.9 Å². The molecule has 0 unspecified atom stereocenters. The maximum atomic E-state index is 12.4. The number of carbonyl (C=O) groups is 1. The van der Waals surface area contributed by atoms with Crippen LogP contribution in [0.1, 0.15) is 47.8 Å². The number of hydrogen-bond donors (Lipinski definition) is 2. The van der Waals surface area contributed by atoms with E-state index in [9.17, 15) is 9.59 Å². The number of fused-ring (bicyclic) bond motifs is 2. The summed E-state index contributed by atoms with van der Waals surface area (Å²) in [4.78, 5) is 31.1. The molecular weight excluding hydrogens is 266 g/mol. The summed E-state index contributed by atoms with van der Waals surface area (Å²) >= 11 is 0. The van der Waals surface area contributed by atoms with Crippen molar-refractivity contribution < 1.29 is 4.79 Å². The van der Waals surface area contributed by atoms with Crippen molar-refractivity contribution in [2.24, 2.45) is 17.6 Å². The molecule has 2 aliphatic carbocycles. The lowest BCUT2D eigenvalue weighted by Crippen LogP contribution is -2.19. The fraction of sp³-hybridized carbons (Fsp3) is 0.438. The highest BCUT2D eigenvalue weighted by atomic mass is 16.1. The van der Waals surface area contributed by atoms with Crippen LogP contribution in [0, 0.1) is 11.8 Å². The zero-order valence-corrected chi connectivity index (χ0v) is 11.6. The Morgan fingerprint density at radius 3 is 2.90 bits per heavy atom. The minimum atomic E-state index is -0.669. The van der Waals surface area contributed by atoms with Gasteiger partial charge in [-0.3, -0.25) is 14.6 Å². The number of nitrogens with one attached hydrogen (secondary N) is 1. The largest absolute Gasteiger partial charge is 0.364 e. The number of pyridine rings is 2. The lowest BCUT2D eigenvalue weighted by molar-refractivity contribution is 0.0997. The Balaban J connectivity index is 1.82. The number of primary amides is 1. The van der Waals surface area contributed by atoms with Gasteiger partial charge in [-0.05, 0) is 49.5 Å². The average Bonchev–Trinajstić information content (AvgIpc) is 3.24. The van der Waals surface area contributed by atoms with Crippen LogP contribution < -0.4 is 11.2 Å². The molecule has 2 aromatic heterocycles. The number of carbonyl (C=O) groups excluding carboxylic acids is 1. The third kappa shape index (κ3) is 2.04. The molecule has 5 heteroatoms. The second-order valence-corrected chi connectivity index (χ2v) is 6.30. The molecule has 0 aliphatic heterocycles. The number of aromatic nitrogens is 2. The molecule has 21 heavy (non-hydrogen) atoms. The summed E-state index contributed by atoms with van der Waals surface area (Å²) in [6.07, 6.45) is 6.43. The predicted octanol–water partition coefficient (Wildman–Crippen LogP) is 1.93.